The van der Waals surface area contributed by atoms with Crippen molar-refractivity contribution in [3.63, 3.8) is 0 Å². The standard InChI is InChI=1S/C14H25PS/c1-5-9-15(10-6-2)13-11-12(7-3)16-14(13)8-4/h11H,5-10H2,1-4H3. The molecule has 0 N–H and O–H groups in total. The Bertz CT molecular complexity index is 298. The second kappa shape index (κ2) is 7.45. The Morgan fingerprint density at radius 3 is 2.06 bits per heavy atom. The monoisotopic (exact) mass is 256 g/mol. The van der Waals surface area contributed by atoms with Gasteiger partial charge in [0.25, 0.3) is 0 Å². The maximum atomic E-state index is 2.51. The third-order valence-electron chi connectivity index (χ3n) is 2.84. The van der Waals surface area contributed by atoms with E-state index in [-0.39, 0.29) is 7.92 Å². The smallest absolute Gasteiger partial charge is 0.0122 e. The molecule has 2 heteroatoms. The largest absolute Gasteiger partial charge is 0.145 e. The van der Waals surface area contributed by atoms with Crippen LogP contribution in [0.2, 0.25) is 0 Å². The Kier molecular flexibility index (Phi) is 6.61. The maximum Gasteiger partial charge on any atom is 0.0122 e. The van der Waals surface area contributed by atoms with E-state index in [1.54, 1.807) is 15.1 Å². The van der Waals surface area contributed by atoms with Crippen molar-refractivity contribution >= 4 is 24.6 Å². The third-order valence-corrected chi connectivity index (χ3v) is 7.46. The maximum absolute atomic E-state index is 2.51. The zero-order valence-corrected chi connectivity index (χ0v) is 12.9. The van der Waals surface area contributed by atoms with E-state index >= 15 is 0 Å². The summed E-state index contributed by atoms with van der Waals surface area (Å²) >= 11 is 2.06. The van der Waals surface area contributed by atoms with Crippen LogP contribution in [0.4, 0.5) is 0 Å². The van der Waals surface area contributed by atoms with Crippen molar-refractivity contribution < 1.29 is 0 Å². The number of thiophene rings is 1. The summed E-state index contributed by atoms with van der Waals surface area (Å²) in [5, 5.41) is 1.74. The summed E-state index contributed by atoms with van der Waals surface area (Å²) in [6.07, 6.45) is 7.97. The Morgan fingerprint density at radius 2 is 1.62 bits per heavy atom. The predicted molar refractivity (Wildman–Crippen MR) is 79.9 cm³/mol. The van der Waals surface area contributed by atoms with Gasteiger partial charge >= 0.3 is 0 Å². The molecule has 0 bridgehead atoms. The highest BCUT2D eigenvalue weighted by Gasteiger charge is 2.15. The minimum absolute atomic E-state index is 0.143. The van der Waals surface area contributed by atoms with E-state index in [9.17, 15) is 0 Å². The van der Waals surface area contributed by atoms with E-state index in [0.29, 0.717) is 0 Å². The van der Waals surface area contributed by atoms with Crippen LogP contribution in [0, 0.1) is 0 Å². The van der Waals surface area contributed by atoms with Gasteiger partial charge in [-0.1, -0.05) is 48.5 Å². The van der Waals surface area contributed by atoms with Crippen molar-refractivity contribution in [2.75, 3.05) is 12.3 Å². The summed E-state index contributed by atoms with van der Waals surface area (Å²) in [7, 11) is 0.143. The van der Waals surface area contributed by atoms with E-state index in [0.717, 1.165) is 0 Å². The minimum Gasteiger partial charge on any atom is -0.145 e. The lowest BCUT2D eigenvalue weighted by molar-refractivity contribution is 1.06. The van der Waals surface area contributed by atoms with Crippen LogP contribution in [0.25, 0.3) is 0 Å². The van der Waals surface area contributed by atoms with Gasteiger partial charge < -0.3 is 0 Å². The van der Waals surface area contributed by atoms with E-state index < -0.39 is 0 Å². The fourth-order valence-electron chi connectivity index (χ4n) is 2.06. The molecule has 0 saturated carbocycles. The van der Waals surface area contributed by atoms with Crippen LogP contribution in [0.5, 0.6) is 0 Å². The van der Waals surface area contributed by atoms with Crippen molar-refractivity contribution in [2.24, 2.45) is 0 Å². The van der Waals surface area contributed by atoms with Crippen LogP contribution < -0.4 is 5.30 Å². The quantitative estimate of drug-likeness (QED) is 0.615. The summed E-state index contributed by atoms with van der Waals surface area (Å²) in [5.74, 6) is 0. The molecule has 0 aliphatic heterocycles. The SMILES string of the molecule is CCCP(CCC)c1cc(CC)sc1CC. The number of aryl methyl sites for hydroxylation is 2. The van der Waals surface area contributed by atoms with Crippen molar-refractivity contribution in [2.45, 2.75) is 53.4 Å². The van der Waals surface area contributed by atoms with Crippen LogP contribution in [-0.4, -0.2) is 12.3 Å². The first-order chi connectivity index (χ1) is 7.76. The van der Waals surface area contributed by atoms with Gasteiger partial charge in [0.05, 0.1) is 0 Å². The molecule has 1 rings (SSSR count). The topological polar surface area (TPSA) is 0 Å². The van der Waals surface area contributed by atoms with Crippen molar-refractivity contribution in [1.82, 2.24) is 0 Å². The van der Waals surface area contributed by atoms with Crippen LogP contribution in [0.1, 0.15) is 50.3 Å². The first-order valence-electron chi connectivity index (χ1n) is 6.63. The lowest BCUT2D eigenvalue weighted by atomic mass is 10.3. The fourth-order valence-corrected chi connectivity index (χ4v) is 6.25. The summed E-state index contributed by atoms with van der Waals surface area (Å²) < 4.78 is 0. The first-order valence-corrected chi connectivity index (χ1v) is 9.16. The number of rotatable bonds is 7. The van der Waals surface area contributed by atoms with Crippen LogP contribution >= 0.6 is 19.3 Å². The molecular formula is C14H25PS. The molecule has 0 saturated heterocycles. The molecule has 0 atom stereocenters. The van der Waals surface area contributed by atoms with Crippen molar-refractivity contribution in [3.05, 3.63) is 15.8 Å². The lowest BCUT2D eigenvalue weighted by Crippen LogP contribution is -2.07. The molecule has 1 aromatic rings. The molecule has 0 aliphatic carbocycles. The molecule has 0 nitrogen and oxygen atoms in total. The molecule has 1 heterocycles. The Hall–Kier alpha value is 0.130. The average molecular weight is 256 g/mol. The van der Waals surface area contributed by atoms with Gasteiger partial charge in [0.15, 0.2) is 0 Å². The van der Waals surface area contributed by atoms with Gasteiger partial charge in [-0.2, -0.15) is 0 Å². The molecule has 0 unspecified atom stereocenters. The molecular weight excluding hydrogens is 231 g/mol. The molecule has 0 aromatic carbocycles. The van der Waals surface area contributed by atoms with E-state index in [4.69, 9.17) is 0 Å². The molecule has 92 valence electrons. The van der Waals surface area contributed by atoms with Gasteiger partial charge in [-0.25, -0.2) is 0 Å². The lowest BCUT2D eigenvalue weighted by Gasteiger charge is -2.16. The minimum atomic E-state index is 0.143. The second-order valence-electron chi connectivity index (χ2n) is 4.22. The van der Waals surface area contributed by atoms with Crippen molar-refractivity contribution in [3.8, 4) is 0 Å². The van der Waals surface area contributed by atoms with Gasteiger partial charge in [0.2, 0.25) is 0 Å². The van der Waals surface area contributed by atoms with Gasteiger partial charge in [-0.05, 0) is 36.5 Å². The normalized spacial score (nSPS) is 11.3. The highest BCUT2D eigenvalue weighted by Crippen LogP contribution is 2.39. The van der Waals surface area contributed by atoms with Gasteiger partial charge in [-0.15, -0.1) is 11.3 Å². The van der Waals surface area contributed by atoms with E-state index in [1.165, 1.54) is 38.0 Å². The average Bonchev–Trinajstić information content (AvgIpc) is 2.72. The predicted octanol–water partition coefficient (Wildman–Crippen LogP) is 4.80. The molecule has 16 heavy (non-hydrogen) atoms. The number of hydrogen-bond donors (Lipinski definition) is 0. The highest BCUT2D eigenvalue weighted by atomic mass is 32.1. The molecule has 0 fully saturated rings. The first kappa shape index (κ1) is 14.2. The van der Waals surface area contributed by atoms with Gasteiger partial charge in [-0.3, -0.25) is 0 Å². The number of hydrogen-bond acceptors (Lipinski definition) is 1. The third kappa shape index (κ3) is 3.57. The Labute approximate surface area is 106 Å². The summed E-state index contributed by atoms with van der Waals surface area (Å²) in [4.78, 5) is 3.26. The highest BCUT2D eigenvalue weighted by molar-refractivity contribution is 7.66. The Balaban J connectivity index is 2.91. The molecule has 0 amide bonds. The van der Waals surface area contributed by atoms with Crippen LogP contribution in [0.3, 0.4) is 0 Å². The zero-order chi connectivity index (χ0) is 12.0. The molecule has 0 radical (unpaired) electrons. The molecule has 1 aromatic heterocycles. The molecule has 0 aliphatic rings. The molecule has 0 spiro atoms. The second-order valence-corrected chi connectivity index (χ2v) is 7.89. The summed E-state index contributed by atoms with van der Waals surface area (Å²) in [5.41, 5.74) is 0. The van der Waals surface area contributed by atoms with Crippen molar-refractivity contribution in [1.29, 1.82) is 0 Å². The van der Waals surface area contributed by atoms with E-state index in [2.05, 4.69) is 45.1 Å². The Morgan fingerprint density at radius 1 is 1.00 bits per heavy atom. The van der Waals surface area contributed by atoms with E-state index in [1.807, 2.05) is 0 Å². The zero-order valence-electron chi connectivity index (χ0n) is 11.2. The van der Waals surface area contributed by atoms with Crippen LogP contribution in [-0.2, 0) is 12.8 Å². The van der Waals surface area contributed by atoms with Gasteiger partial charge in [0, 0.05) is 9.75 Å². The van der Waals surface area contributed by atoms with Gasteiger partial charge in [0.1, 0.15) is 0 Å². The fraction of sp³-hybridized carbons (Fsp3) is 0.714. The van der Waals surface area contributed by atoms with Crippen LogP contribution in [0.15, 0.2) is 6.07 Å². The summed E-state index contributed by atoms with van der Waals surface area (Å²) in [6.45, 7) is 9.23. The summed E-state index contributed by atoms with van der Waals surface area (Å²) in [6, 6.07) is 2.51.